The zero-order valence-corrected chi connectivity index (χ0v) is 16.0. The van der Waals surface area contributed by atoms with Gasteiger partial charge in [-0.1, -0.05) is 45.3 Å². The molecular weight excluding hydrogens is 296 g/mol. The summed E-state index contributed by atoms with van der Waals surface area (Å²) in [6, 6.07) is 1.90. The van der Waals surface area contributed by atoms with Crippen molar-refractivity contribution in [3.63, 3.8) is 0 Å². The molecule has 0 heterocycles. The number of aromatic hydroxyl groups is 2. The lowest BCUT2D eigenvalue weighted by atomic mass is 9.71. The summed E-state index contributed by atoms with van der Waals surface area (Å²) in [7, 11) is 0. The summed E-state index contributed by atoms with van der Waals surface area (Å²) in [5.41, 5.74) is 4.13. The van der Waals surface area contributed by atoms with E-state index in [2.05, 4.69) is 33.8 Å². The van der Waals surface area contributed by atoms with Gasteiger partial charge < -0.3 is 10.2 Å². The Kier molecular flexibility index (Phi) is 6.37. The van der Waals surface area contributed by atoms with Crippen molar-refractivity contribution in [2.45, 2.75) is 79.1 Å². The highest BCUT2D eigenvalue weighted by atomic mass is 16.3. The third-order valence-electron chi connectivity index (χ3n) is 5.72. The van der Waals surface area contributed by atoms with Crippen molar-refractivity contribution in [3.05, 3.63) is 34.4 Å². The van der Waals surface area contributed by atoms with Crippen LogP contribution in [-0.2, 0) is 6.42 Å². The van der Waals surface area contributed by atoms with Crippen LogP contribution >= 0.6 is 0 Å². The molecule has 0 saturated carbocycles. The van der Waals surface area contributed by atoms with Gasteiger partial charge in [-0.15, -0.1) is 0 Å². The van der Waals surface area contributed by atoms with E-state index in [1.807, 2.05) is 13.0 Å². The molecule has 1 aromatic rings. The van der Waals surface area contributed by atoms with Crippen molar-refractivity contribution < 1.29 is 10.2 Å². The summed E-state index contributed by atoms with van der Waals surface area (Å²) in [4.78, 5) is 0. The third-order valence-corrected chi connectivity index (χ3v) is 5.72. The quantitative estimate of drug-likeness (QED) is 0.479. The first-order valence-corrected chi connectivity index (χ1v) is 9.58. The lowest BCUT2D eigenvalue weighted by molar-refractivity contribution is 0.303. The van der Waals surface area contributed by atoms with Crippen molar-refractivity contribution in [2.24, 2.45) is 11.8 Å². The molecule has 0 spiro atoms. The van der Waals surface area contributed by atoms with Gasteiger partial charge >= 0.3 is 0 Å². The summed E-state index contributed by atoms with van der Waals surface area (Å²) in [6.45, 7) is 10.8. The van der Waals surface area contributed by atoms with Crippen LogP contribution in [0.25, 0.3) is 0 Å². The minimum atomic E-state index is 0.113. The molecule has 0 aromatic heterocycles. The molecule has 2 rings (SSSR count). The van der Waals surface area contributed by atoms with Crippen LogP contribution in [0, 0.1) is 18.8 Å². The molecule has 2 unspecified atom stereocenters. The van der Waals surface area contributed by atoms with Crippen LogP contribution < -0.4 is 0 Å². The normalized spacial score (nSPS) is 21.2. The number of unbranched alkanes of at least 4 members (excludes halogenated alkanes) is 2. The smallest absolute Gasteiger partial charge is 0.126 e. The summed E-state index contributed by atoms with van der Waals surface area (Å²) in [5.74, 6) is 1.69. The van der Waals surface area contributed by atoms with E-state index in [-0.39, 0.29) is 11.7 Å². The van der Waals surface area contributed by atoms with Gasteiger partial charge in [-0.2, -0.15) is 0 Å². The molecule has 0 aliphatic heterocycles. The molecule has 0 amide bonds. The topological polar surface area (TPSA) is 40.5 Å². The van der Waals surface area contributed by atoms with E-state index in [1.165, 1.54) is 18.4 Å². The van der Waals surface area contributed by atoms with Gasteiger partial charge in [-0.3, -0.25) is 0 Å². The molecular formula is C22H34O2. The first-order valence-electron chi connectivity index (χ1n) is 9.58. The van der Waals surface area contributed by atoms with Crippen LogP contribution in [-0.4, -0.2) is 10.2 Å². The van der Waals surface area contributed by atoms with E-state index < -0.39 is 0 Å². The Balaban J connectivity index is 2.42. The maximum Gasteiger partial charge on any atom is 0.126 e. The largest absolute Gasteiger partial charge is 0.507 e. The van der Waals surface area contributed by atoms with Crippen molar-refractivity contribution >= 4 is 0 Å². The van der Waals surface area contributed by atoms with E-state index >= 15 is 0 Å². The molecule has 0 radical (unpaired) electrons. The second kappa shape index (κ2) is 8.09. The Morgan fingerprint density at radius 2 is 1.88 bits per heavy atom. The molecule has 0 saturated heterocycles. The van der Waals surface area contributed by atoms with Crippen molar-refractivity contribution in [2.75, 3.05) is 0 Å². The SMILES string of the molecule is CCCCCc1cc(O)c(C2C=C(C)CCC2C(C)C)c(O)c1C. The number of rotatable bonds is 6. The molecule has 1 aromatic carbocycles. The lowest BCUT2D eigenvalue weighted by Crippen LogP contribution is -2.21. The number of aryl methyl sites for hydroxylation is 1. The maximum atomic E-state index is 10.9. The molecule has 2 atom stereocenters. The van der Waals surface area contributed by atoms with Gasteiger partial charge in [-0.05, 0) is 68.6 Å². The Morgan fingerprint density at radius 1 is 1.17 bits per heavy atom. The molecule has 0 fully saturated rings. The molecule has 134 valence electrons. The highest BCUT2D eigenvalue weighted by molar-refractivity contribution is 5.55. The van der Waals surface area contributed by atoms with Gasteiger partial charge in [0.05, 0.1) is 0 Å². The fourth-order valence-electron chi connectivity index (χ4n) is 4.11. The number of phenols is 2. The fraction of sp³-hybridized carbons (Fsp3) is 0.636. The molecule has 1 aliphatic rings. The maximum absolute atomic E-state index is 10.9. The van der Waals surface area contributed by atoms with Crippen molar-refractivity contribution in [3.8, 4) is 11.5 Å². The summed E-state index contributed by atoms with van der Waals surface area (Å²) in [5, 5.41) is 21.6. The molecule has 2 heteroatoms. The third kappa shape index (κ3) is 3.96. The molecule has 1 aliphatic carbocycles. The average Bonchev–Trinajstić information content (AvgIpc) is 2.52. The van der Waals surface area contributed by atoms with Crippen LogP contribution in [0.4, 0.5) is 0 Å². The molecule has 0 bridgehead atoms. The van der Waals surface area contributed by atoms with Gasteiger partial charge in [0.2, 0.25) is 0 Å². The van der Waals surface area contributed by atoms with Crippen LogP contribution in [0.3, 0.4) is 0 Å². The van der Waals surface area contributed by atoms with Crippen LogP contribution in [0.2, 0.25) is 0 Å². The Bertz CT molecular complexity index is 598. The van der Waals surface area contributed by atoms with E-state index in [4.69, 9.17) is 0 Å². The van der Waals surface area contributed by atoms with E-state index in [0.29, 0.717) is 17.6 Å². The number of benzene rings is 1. The van der Waals surface area contributed by atoms with Gasteiger partial charge in [0.15, 0.2) is 0 Å². The predicted molar refractivity (Wildman–Crippen MR) is 102 cm³/mol. The van der Waals surface area contributed by atoms with E-state index in [9.17, 15) is 10.2 Å². The highest BCUT2D eigenvalue weighted by Crippen LogP contribution is 2.48. The number of hydrogen-bond acceptors (Lipinski definition) is 2. The highest BCUT2D eigenvalue weighted by Gasteiger charge is 2.32. The molecule has 2 nitrogen and oxygen atoms in total. The van der Waals surface area contributed by atoms with Gasteiger partial charge in [-0.25, -0.2) is 0 Å². The first-order chi connectivity index (χ1) is 11.4. The number of phenolic OH excluding ortho intramolecular Hbond substituents is 2. The minimum Gasteiger partial charge on any atom is -0.507 e. The zero-order chi connectivity index (χ0) is 17.9. The van der Waals surface area contributed by atoms with Crippen molar-refractivity contribution in [1.82, 2.24) is 0 Å². The van der Waals surface area contributed by atoms with Gasteiger partial charge in [0, 0.05) is 11.5 Å². The monoisotopic (exact) mass is 330 g/mol. The van der Waals surface area contributed by atoms with Crippen LogP contribution in [0.5, 0.6) is 11.5 Å². The summed E-state index contributed by atoms with van der Waals surface area (Å²) >= 11 is 0. The van der Waals surface area contributed by atoms with E-state index in [0.717, 1.165) is 42.4 Å². The fourth-order valence-corrected chi connectivity index (χ4v) is 4.11. The Labute approximate surface area is 147 Å². The predicted octanol–water partition coefficient (Wildman–Crippen LogP) is 6.23. The lowest BCUT2D eigenvalue weighted by Gasteiger charge is -2.34. The average molecular weight is 331 g/mol. The zero-order valence-electron chi connectivity index (χ0n) is 16.0. The van der Waals surface area contributed by atoms with Gasteiger partial charge in [0.25, 0.3) is 0 Å². The minimum absolute atomic E-state index is 0.113. The van der Waals surface area contributed by atoms with Gasteiger partial charge in [0.1, 0.15) is 11.5 Å². The van der Waals surface area contributed by atoms with Crippen LogP contribution in [0.15, 0.2) is 17.7 Å². The first kappa shape index (κ1) is 18.9. The number of hydrogen-bond donors (Lipinski definition) is 2. The second-order valence-corrected chi connectivity index (χ2v) is 7.88. The Morgan fingerprint density at radius 3 is 2.50 bits per heavy atom. The number of allylic oxidation sites excluding steroid dienone is 2. The van der Waals surface area contributed by atoms with E-state index in [1.54, 1.807) is 0 Å². The van der Waals surface area contributed by atoms with Crippen molar-refractivity contribution in [1.29, 1.82) is 0 Å². The second-order valence-electron chi connectivity index (χ2n) is 7.88. The summed E-state index contributed by atoms with van der Waals surface area (Å²) in [6.07, 6.45) is 8.90. The molecule has 2 N–H and O–H groups in total. The standard InChI is InChI=1S/C22H34O2/c1-6-7-8-9-17-13-20(23)21(22(24)16(17)5)19-12-15(4)10-11-18(19)14(2)3/h12-14,18-19,23-24H,6-11H2,1-5H3. The van der Waals surface area contributed by atoms with Crippen LogP contribution in [0.1, 0.15) is 82.4 Å². The Hall–Kier alpha value is -1.44. The summed E-state index contributed by atoms with van der Waals surface area (Å²) < 4.78 is 0. The molecule has 24 heavy (non-hydrogen) atoms.